The maximum atomic E-state index is 5.74. The molecule has 0 amide bonds. The van der Waals surface area contributed by atoms with Gasteiger partial charge in [-0.25, -0.2) is 4.98 Å². The smallest absolute Gasteiger partial charge is 0.155 e. The molecule has 2 heterocycles. The summed E-state index contributed by atoms with van der Waals surface area (Å²) in [6, 6.07) is 6.22. The van der Waals surface area contributed by atoms with Crippen molar-refractivity contribution in [3.05, 3.63) is 29.5 Å². The van der Waals surface area contributed by atoms with Crippen molar-refractivity contribution in [3.8, 4) is 10.7 Å². The van der Waals surface area contributed by atoms with Crippen LogP contribution in [0.25, 0.3) is 21.7 Å². The maximum Gasteiger partial charge on any atom is 0.155 e. The van der Waals surface area contributed by atoms with Gasteiger partial charge in [-0.3, -0.25) is 0 Å². The third-order valence-electron chi connectivity index (χ3n) is 3.48. The average molecular weight is 301 g/mol. The van der Waals surface area contributed by atoms with Crippen LogP contribution in [-0.2, 0) is 12.1 Å². The van der Waals surface area contributed by atoms with Crippen LogP contribution in [0.2, 0.25) is 0 Å². The molecule has 1 aromatic carbocycles. The van der Waals surface area contributed by atoms with Crippen LogP contribution < -0.4 is 5.73 Å². The minimum absolute atomic E-state index is 0.0786. The number of fused-ring (bicyclic) bond motifs is 1. The van der Waals surface area contributed by atoms with Gasteiger partial charge in [-0.2, -0.15) is 0 Å². The van der Waals surface area contributed by atoms with E-state index in [-0.39, 0.29) is 5.54 Å². The number of nitrogens with two attached hydrogens (primary N) is 1. The van der Waals surface area contributed by atoms with Crippen molar-refractivity contribution in [1.82, 2.24) is 19.1 Å². The predicted molar refractivity (Wildman–Crippen MR) is 86.3 cm³/mol. The standard InChI is InChI=1S/C15H19N5S/c1-9-13(21-19-18-9)14-17-11-7-10(8-16)5-6-12(11)20(14)15(2,3)4/h5-7H,8,16H2,1-4H3. The van der Waals surface area contributed by atoms with Gasteiger partial charge < -0.3 is 10.3 Å². The number of hydrogen-bond donors (Lipinski definition) is 1. The van der Waals surface area contributed by atoms with Gasteiger partial charge >= 0.3 is 0 Å². The van der Waals surface area contributed by atoms with Gasteiger partial charge in [0.25, 0.3) is 0 Å². The number of rotatable bonds is 2. The molecule has 0 aliphatic heterocycles. The van der Waals surface area contributed by atoms with Crippen LogP contribution in [0.5, 0.6) is 0 Å². The molecule has 21 heavy (non-hydrogen) atoms. The SMILES string of the molecule is Cc1nnsc1-c1nc2cc(CN)ccc2n1C(C)(C)C. The van der Waals surface area contributed by atoms with Gasteiger partial charge in [-0.05, 0) is 56.9 Å². The molecule has 0 spiro atoms. The summed E-state index contributed by atoms with van der Waals surface area (Å²) < 4.78 is 6.30. The lowest BCUT2D eigenvalue weighted by Crippen LogP contribution is -2.22. The van der Waals surface area contributed by atoms with Crippen molar-refractivity contribution in [1.29, 1.82) is 0 Å². The Hall–Kier alpha value is -1.79. The Morgan fingerprint density at radius 2 is 2.05 bits per heavy atom. The fourth-order valence-electron chi connectivity index (χ4n) is 2.52. The molecule has 3 aromatic rings. The predicted octanol–water partition coefficient (Wildman–Crippen LogP) is 3.08. The van der Waals surface area contributed by atoms with Crippen molar-refractivity contribution in [2.75, 3.05) is 0 Å². The Kier molecular flexibility index (Phi) is 3.30. The Labute approximate surface area is 128 Å². The largest absolute Gasteiger partial charge is 0.326 e. The molecule has 2 N–H and O–H groups in total. The highest BCUT2D eigenvalue weighted by Gasteiger charge is 2.24. The molecule has 6 heteroatoms. The van der Waals surface area contributed by atoms with E-state index in [1.165, 1.54) is 11.5 Å². The first kappa shape index (κ1) is 14.2. The molecular weight excluding hydrogens is 282 g/mol. The highest BCUT2D eigenvalue weighted by Crippen LogP contribution is 2.34. The maximum absolute atomic E-state index is 5.74. The van der Waals surface area contributed by atoms with Crippen molar-refractivity contribution in [3.63, 3.8) is 0 Å². The third kappa shape index (κ3) is 2.34. The number of hydrogen-bond acceptors (Lipinski definition) is 5. The molecule has 0 fully saturated rings. The Morgan fingerprint density at radius 3 is 2.62 bits per heavy atom. The van der Waals surface area contributed by atoms with E-state index in [2.05, 4.69) is 53.1 Å². The normalized spacial score (nSPS) is 12.2. The zero-order chi connectivity index (χ0) is 15.2. The second-order valence-corrected chi connectivity index (χ2v) is 6.91. The first-order valence-corrected chi connectivity index (χ1v) is 7.70. The first-order valence-electron chi connectivity index (χ1n) is 6.93. The summed E-state index contributed by atoms with van der Waals surface area (Å²) in [6.07, 6.45) is 0. The number of aromatic nitrogens is 4. The molecule has 0 saturated heterocycles. The lowest BCUT2D eigenvalue weighted by Gasteiger charge is -2.24. The van der Waals surface area contributed by atoms with E-state index < -0.39 is 0 Å². The van der Waals surface area contributed by atoms with Gasteiger partial charge in [0.1, 0.15) is 4.88 Å². The summed E-state index contributed by atoms with van der Waals surface area (Å²) in [5.41, 5.74) is 9.75. The zero-order valence-electron chi connectivity index (χ0n) is 12.7. The van der Waals surface area contributed by atoms with Crippen molar-refractivity contribution in [2.24, 2.45) is 5.73 Å². The fraction of sp³-hybridized carbons (Fsp3) is 0.400. The quantitative estimate of drug-likeness (QED) is 0.789. The fourth-order valence-corrected chi connectivity index (χ4v) is 3.16. The van der Waals surface area contributed by atoms with Crippen LogP contribution in [-0.4, -0.2) is 19.1 Å². The summed E-state index contributed by atoms with van der Waals surface area (Å²) >= 11 is 1.39. The van der Waals surface area contributed by atoms with Gasteiger partial charge in [0.05, 0.1) is 16.7 Å². The molecule has 0 aliphatic carbocycles. The first-order chi connectivity index (χ1) is 9.91. The van der Waals surface area contributed by atoms with E-state index in [1.54, 1.807) is 0 Å². The molecule has 110 valence electrons. The summed E-state index contributed by atoms with van der Waals surface area (Å²) in [5, 5.41) is 4.12. The second kappa shape index (κ2) is 4.89. The Balaban J connectivity index is 2.35. The molecule has 0 aliphatic rings. The van der Waals surface area contributed by atoms with Gasteiger partial charge in [0, 0.05) is 12.1 Å². The Morgan fingerprint density at radius 1 is 1.29 bits per heavy atom. The molecule has 0 atom stereocenters. The van der Waals surface area contributed by atoms with Gasteiger partial charge in [0.15, 0.2) is 5.82 Å². The van der Waals surface area contributed by atoms with Gasteiger partial charge in [-0.1, -0.05) is 10.6 Å². The van der Waals surface area contributed by atoms with Crippen molar-refractivity contribution < 1.29 is 0 Å². The second-order valence-electron chi connectivity index (χ2n) is 6.16. The number of imidazole rings is 1. The van der Waals surface area contributed by atoms with Crippen LogP contribution in [0.15, 0.2) is 18.2 Å². The van der Waals surface area contributed by atoms with Crippen LogP contribution >= 0.6 is 11.5 Å². The molecule has 0 radical (unpaired) electrons. The minimum atomic E-state index is -0.0786. The van der Waals surface area contributed by atoms with Crippen molar-refractivity contribution >= 4 is 22.6 Å². The van der Waals surface area contributed by atoms with E-state index >= 15 is 0 Å². The molecule has 0 bridgehead atoms. The summed E-state index contributed by atoms with van der Waals surface area (Å²) in [4.78, 5) is 5.85. The van der Waals surface area contributed by atoms with Crippen LogP contribution in [0.3, 0.4) is 0 Å². The van der Waals surface area contributed by atoms with Crippen molar-refractivity contribution in [2.45, 2.75) is 39.8 Å². The van der Waals surface area contributed by atoms with Gasteiger partial charge in [-0.15, -0.1) is 5.10 Å². The number of nitrogens with zero attached hydrogens (tertiary/aromatic N) is 4. The summed E-state index contributed by atoms with van der Waals surface area (Å²) in [6.45, 7) is 9.03. The molecule has 5 nitrogen and oxygen atoms in total. The van der Waals surface area contributed by atoms with Crippen LogP contribution in [0.4, 0.5) is 0 Å². The molecular formula is C15H19N5S. The minimum Gasteiger partial charge on any atom is -0.326 e. The molecule has 0 saturated carbocycles. The van der Waals surface area contributed by atoms with Crippen LogP contribution in [0, 0.1) is 6.92 Å². The van der Waals surface area contributed by atoms with Crippen LogP contribution in [0.1, 0.15) is 32.0 Å². The topological polar surface area (TPSA) is 69.6 Å². The molecule has 0 unspecified atom stereocenters. The monoisotopic (exact) mass is 301 g/mol. The lowest BCUT2D eigenvalue weighted by molar-refractivity contribution is 0.413. The van der Waals surface area contributed by atoms with E-state index in [0.717, 1.165) is 33.0 Å². The average Bonchev–Trinajstić information content (AvgIpc) is 2.99. The zero-order valence-corrected chi connectivity index (χ0v) is 13.5. The lowest BCUT2D eigenvalue weighted by atomic mass is 10.1. The summed E-state index contributed by atoms with van der Waals surface area (Å²) in [5.74, 6) is 0.930. The highest BCUT2D eigenvalue weighted by molar-refractivity contribution is 7.09. The van der Waals surface area contributed by atoms with E-state index in [4.69, 9.17) is 10.7 Å². The Bertz CT molecular complexity index is 794. The number of aryl methyl sites for hydroxylation is 1. The molecule has 3 rings (SSSR count). The third-order valence-corrected chi connectivity index (χ3v) is 4.30. The molecule has 2 aromatic heterocycles. The van der Waals surface area contributed by atoms with E-state index in [9.17, 15) is 0 Å². The number of benzene rings is 1. The summed E-state index contributed by atoms with van der Waals surface area (Å²) in [7, 11) is 0. The van der Waals surface area contributed by atoms with Gasteiger partial charge in [0.2, 0.25) is 0 Å². The highest BCUT2D eigenvalue weighted by atomic mass is 32.1. The van der Waals surface area contributed by atoms with E-state index in [1.807, 2.05) is 6.92 Å². The van der Waals surface area contributed by atoms with E-state index in [0.29, 0.717) is 6.54 Å².